The second-order valence-electron chi connectivity index (χ2n) is 5.11. The molecule has 0 saturated carbocycles. The van der Waals surface area contributed by atoms with Crippen molar-refractivity contribution in [2.45, 2.75) is 0 Å². The largest absolute Gasteiger partial charge is 0.388 e. The summed E-state index contributed by atoms with van der Waals surface area (Å²) in [6.45, 7) is 0. The molecule has 0 aliphatic rings. The van der Waals surface area contributed by atoms with E-state index in [2.05, 4.69) is 29.6 Å². The van der Waals surface area contributed by atoms with Crippen LogP contribution in [-0.2, 0) is 0 Å². The summed E-state index contributed by atoms with van der Waals surface area (Å²) in [5, 5.41) is 11.6. The molecule has 0 aliphatic carbocycles. The third kappa shape index (κ3) is 2.77. The van der Waals surface area contributed by atoms with E-state index < -0.39 is 0 Å². The van der Waals surface area contributed by atoms with E-state index in [0.29, 0.717) is 5.71 Å². The van der Waals surface area contributed by atoms with Crippen LogP contribution < -0.4 is 5.32 Å². The van der Waals surface area contributed by atoms with Crippen molar-refractivity contribution < 1.29 is 0 Å². The minimum absolute atomic E-state index is 0.532. The Morgan fingerprint density at radius 3 is 2.00 bits per heavy atom. The van der Waals surface area contributed by atoms with Crippen molar-refractivity contribution in [1.29, 1.82) is 5.41 Å². The Labute approximate surface area is 131 Å². The molecule has 0 aliphatic heterocycles. The van der Waals surface area contributed by atoms with Gasteiger partial charge in [-0.3, -0.25) is 5.41 Å². The highest BCUT2D eigenvalue weighted by Gasteiger charge is 2.09. The van der Waals surface area contributed by atoms with Crippen LogP contribution in [0.3, 0.4) is 0 Å². The average Bonchev–Trinajstić information content (AvgIpc) is 2.62. The van der Waals surface area contributed by atoms with Gasteiger partial charge in [0.25, 0.3) is 0 Å². The van der Waals surface area contributed by atoms with Gasteiger partial charge in [-0.25, -0.2) is 0 Å². The van der Waals surface area contributed by atoms with Crippen LogP contribution in [-0.4, -0.2) is 12.8 Å². The molecule has 0 atom stereocenters. The molecular weight excluding hydrogens is 268 g/mol. The summed E-state index contributed by atoms with van der Waals surface area (Å²) in [6.07, 6.45) is 0. The number of anilines is 1. The Balaban J connectivity index is 1.91. The van der Waals surface area contributed by atoms with Crippen molar-refractivity contribution in [1.82, 2.24) is 0 Å². The van der Waals surface area contributed by atoms with Crippen molar-refractivity contribution in [3.05, 3.63) is 90.0 Å². The first kappa shape index (κ1) is 14.1. The number of hydrogen-bond acceptors (Lipinski definition) is 2. The van der Waals surface area contributed by atoms with Crippen LogP contribution in [0, 0.1) is 5.41 Å². The van der Waals surface area contributed by atoms with Gasteiger partial charge in [0.1, 0.15) is 0 Å². The Hall–Kier alpha value is -2.87. The molecule has 0 heterocycles. The van der Waals surface area contributed by atoms with Crippen LogP contribution in [0.25, 0.3) is 11.1 Å². The Kier molecular flexibility index (Phi) is 4.01. The van der Waals surface area contributed by atoms with Crippen LogP contribution in [0.4, 0.5) is 5.69 Å². The zero-order valence-electron chi connectivity index (χ0n) is 12.5. The first-order chi connectivity index (χ1) is 10.8. The molecule has 3 rings (SSSR count). The third-order valence-corrected chi connectivity index (χ3v) is 3.75. The molecule has 2 nitrogen and oxygen atoms in total. The molecule has 0 bridgehead atoms. The van der Waals surface area contributed by atoms with Crippen LogP contribution >= 0.6 is 0 Å². The molecule has 0 radical (unpaired) electrons. The lowest BCUT2D eigenvalue weighted by Crippen LogP contribution is -2.05. The summed E-state index contributed by atoms with van der Waals surface area (Å²) in [4.78, 5) is 0. The predicted octanol–water partition coefficient (Wildman–Crippen LogP) is 4.81. The lowest BCUT2D eigenvalue weighted by Gasteiger charge is -2.11. The number of hydrogen-bond donors (Lipinski definition) is 2. The van der Waals surface area contributed by atoms with Gasteiger partial charge in [0.05, 0.1) is 5.71 Å². The molecule has 3 aromatic rings. The van der Waals surface area contributed by atoms with Crippen molar-refractivity contribution in [3.63, 3.8) is 0 Å². The van der Waals surface area contributed by atoms with Crippen LogP contribution in [0.1, 0.15) is 11.1 Å². The van der Waals surface area contributed by atoms with Gasteiger partial charge >= 0.3 is 0 Å². The summed E-state index contributed by atoms with van der Waals surface area (Å²) in [5.74, 6) is 0. The standard InChI is InChI=1S/C20H18N2/c1-22-19-10-6-5-9-18(19)20(21)17-13-11-16(12-14-17)15-7-3-2-4-8-15/h2-14,21-22H,1H3. The van der Waals surface area contributed by atoms with E-state index in [0.717, 1.165) is 16.8 Å². The number of para-hydroxylation sites is 1. The summed E-state index contributed by atoms with van der Waals surface area (Å²) in [7, 11) is 1.88. The van der Waals surface area contributed by atoms with Gasteiger partial charge in [-0.2, -0.15) is 0 Å². The summed E-state index contributed by atoms with van der Waals surface area (Å²) >= 11 is 0. The maximum atomic E-state index is 8.45. The molecule has 2 heteroatoms. The second kappa shape index (κ2) is 6.27. The first-order valence-electron chi connectivity index (χ1n) is 7.31. The summed E-state index contributed by atoms with van der Waals surface area (Å²) in [6, 6.07) is 26.3. The van der Waals surface area contributed by atoms with Crippen molar-refractivity contribution in [2.75, 3.05) is 12.4 Å². The van der Waals surface area contributed by atoms with Gasteiger partial charge in [-0.15, -0.1) is 0 Å². The smallest absolute Gasteiger partial charge is 0.0705 e. The maximum Gasteiger partial charge on any atom is 0.0705 e. The highest BCUT2D eigenvalue weighted by Crippen LogP contribution is 2.22. The van der Waals surface area contributed by atoms with Crippen LogP contribution in [0.15, 0.2) is 78.9 Å². The molecule has 0 unspecified atom stereocenters. The highest BCUT2D eigenvalue weighted by molar-refractivity contribution is 6.14. The second-order valence-corrected chi connectivity index (χ2v) is 5.11. The Bertz CT molecular complexity index is 774. The fourth-order valence-electron chi connectivity index (χ4n) is 2.53. The normalized spacial score (nSPS) is 10.2. The van der Waals surface area contributed by atoms with Gasteiger partial charge < -0.3 is 5.32 Å². The SMILES string of the molecule is CNc1ccccc1C(=N)c1ccc(-c2ccccc2)cc1. The molecule has 0 fully saturated rings. The number of rotatable bonds is 4. The molecule has 22 heavy (non-hydrogen) atoms. The van der Waals surface area contributed by atoms with Gasteiger partial charge in [-0.1, -0.05) is 72.8 Å². The molecule has 0 amide bonds. The monoisotopic (exact) mass is 286 g/mol. The van der Waals surface area contributed by atoms with Crippen molar-refractivity contribution in [2.24, 2.45) is 0 Å². The molecule has 0 aromatic heterocycles. The van der Waals surface area contributed by atoms with Gasteiger partial charge in [0, 0.05) is 23.9 Å². The summed E-state index contributed by atoms with van der Waals surface area (Å²) < 4.78 is 0. The average molecular weight is 286 g/mol. The number of benzene rings is 3. The maximum absolute atomic E-state index is 8.45. The van der Waals surface area contributed by atoms with Crippen molar-refractivity contribution >= 4 is 11.4 Å². The van der Waals surface area contributed by atoms with E-state index in [1.807, 2.05) is 61.6 Å². The van der Waals surface area contributed by atoms with Gasteiger partial charge in [-0.05, 0) is 17.2 Å². The molecular formula is C20H18N2. The minimum atomic E-state index is 0.532. The molecule has 0 spiro atoms. The van der Waals surface area contributed by atoms with E-state index in [-0.39, 0.29) is 0 Å². The molecule has 2 N–H and O–H groups in total. The van der Waals surface area contributed by atoms with E-state index in [4.69, 9.17) is 5.41 Å². The third-order valence-electron chi connectivity index (χ3n) is 3.75. The zero-order valence-corrected chi connectivity index (χ0v) is 12.5. The molecule has 108 valence electrons. The number of nitrogens with one attached hydrogen (secondary N) is 2. The minimum Gasteiger partial charge on any atom is -0.388 e. The fourth-order valence-corrected chi connectivity index (χ4v) is 2.53. The Morgan fingerprint density at radius 1 is 0.727 bits per heavy atom. The van der Waals surface area contributed by atoms with Gasteiger partial charge in [0.15, 0.2) is 0 Å². The van der Waals surface area contributed by atoms with Crippen LogP contribution in [0.2, 0.25) is 0 Å². The van der Waals surface area contributed by atoms with Crippen LogP contribution in [0.5, 0.6) is 0 Å². The first-order valence-corrected chi connectivity index (χ1v) is 7.31. The quantitative estimate of drug-likeness (QED) is 0.663. The topological polar surface area (TPSA) is 35.9 Å². The zero-order chi connectivity index (χ0) is 15.4. The van der Waals surface area contributed by atoms with E-state index in [9.17, 15) is 0 Å². The highest BCUT2D eigenvalue weighted by atomic mass is 14.8. The molecule has 0 saturated heterocycles. The Morgan fingerprint density at radius 2 is 1.32 bits per heavy atom. The van der Waals surface area contributed by atoms with E-state index in [1.54, 1.807) is 0 Å². The van der Waals surface area contributed by atoms with Gasteiger partial charge in [0.2, 0.25) is 0 Å². The predicted molar refractivity (Wildman–Crippen MR) is 93.8 cm³/mol. The molecule has 3 aromatic carbocycles. The lowest BCUT2D eigenvalue weighted by molar-refractivity contribution is 1.43. The van der Waals surface area contributed by atoms with E-state index >= 15 is 0 Å². The summed E-state index contributed by atoms with van der Waals surface area (Å²) in [5.41, 5.74) is 5.69. The lowest BCUT2D eigenvalue weighted by atomic mass is 9.98. The van der Waals surface area contributed by atoms with E-state index in [1.165, 1.54) is 11.1 Å². The fraction of sp³-hybridized carbons (Fsp3) is 0.0500. The van der Waals surface area contributed by atoms with Crippen molar-refractivity contribution in [3.8, 4) is 11.1 Å².